The summed E-state index contributed by atoms with van der Waals surface area (Å²) in [6, 6.07) is 0. The number of likely N-dealkylation sites (N-methyl/N-ethyl adjacent to an activating group) is 1. The van der Waals surface area contributed by atoms with Crippen LogP contribution in [0.3, 0.4) is 0 Å². The van der Waals surface area contributed by atoms with E-state index in [1.54, 1.807) is 7.11 Å². The van der Waals surface area contributed by atoms with E-state index in [4.69, 9.17) is 4.74 Å². The highest BCUT2D eigenvalue weighted by molar-refractivity contribution is 7.89. The van der Waals surface area contributed by atoms with Gasteiger partial charge in [0.2, 0.25) is 10.0 Å². The quantitative estimate of drug-likeness (QED) is 0.816. The fourth-order valence-electron chi connectivity index (χ4n) is 2.34. The molecule has 2 rings (SSSR count). The fraction of sp³-hybridized carbons (Fsp3) is 0.727. The maximum Gasteiger partial charge on any atom is 0.246 e. The Morgan fingerprint density at radius 1 is 1.47 bits per heavy atom. The molecule has 0 saturated carbocycles. The Hall–Kier alpha value is -0.960. The molecule has 0 aliphatic carbocycles. The van der Waals surface area contributed by atoms with Crippen LogP contribution in [0, 0.1) is 5.92 Å². The molecule has 1 atom stereocenters. The van der Waals surface area contributed by atoms with Gasteiger partial charge < -0.3 is 9.64 Å². The molecule has 1 N–H and O–H groups in total. The molecular formula is C11H20N4O3S. The summed E-state index contributed by atoms with van der Waals surface area (Å²) >= 11 is 0. The highest BCUT2D eigenvalue weighted by Crippen LogP contribution is 2.18. The third-order valence-corrected chi connectivity index (χ3v) is 5.11. The van der Waals surface area contributed by atoms with Gasteiger partial charge in [-0.2, -0.15) is 9.40 Å². The van der Waals surface area contributed by atoms with E-state index < -0.39 is 10.0 Å². The molecule has 0 aromatic carbocycles. The van der Waals surface area contributed by atoms with Gasteiger partial charge in [-0.1, -0.05) is 0 Å². The molecule has 0 radical (unpaired) electrons. The van der Waals surface area contributed by atoms with Crippen molar-refractivity contribution in [3.05, 3.63) is 12.4 Å². The molecule has 1 saturated heterocycles. The number of nitrogens with one attached hydrogen (secondary N) is 1. The molecule has 0 amide bonds. The number of hydrogen-bond acceptors (Lipinski definition) is 5. The summed E-state index contributed by atoms with van der Waals surface area (Å²) in [5.41, 5.74) is 0. The lowest BCUT2D eigenvalue weighted by Crippen LogP contribution is -2.36. The first-order valence-corrected chi connectivity index (χ1v) is 7.64. The van der Waals surface area contributed by atoms with E-state index in [0.717, 1.165) is 13.1 Å². The van der Waals surface area contributed by atoms with Crippen LogP contribution in [-0.4, -0.2) is 74.8 Å². The number of ether oxygens (including phenoxy) is 1. The summed E-state index contributed by atoms with van der Waals surface area (Å²) in [5, 5.41) is 6.26. The lowest BCUT2D eigenvalue weighted by molar-refractivity contribution is 0.132. The number of sulfonamides is 1. The topological polar surface area (TPSA) is 78.5 Å². The molecule has 1 aliphatic heterocycles. The zero-order valence-corrected chi connectivity index (χ0v) is 12.1. The van der Waals surface area contributed by atoms with Crippen LogP contribution < -0.4 is 0 Å². The molecule has 1 aromatic rings. The standard InChI is InChI=1S/C11H20N4O3S/c1-14-3-4-15(8-10(7-14)9-18-2)19(16,17)11-5-12-13-6-11/h5-6,10H,3-4,7-9H2,1-2H3,(H,12,13)/t10-/m1/s1. The van der Waals surface area contributed by atoms with Crippen LogP contribution in [0.15, 0.2) is 17.3 Å². The predicted molar refractivity (Wildman–Crippen MR) is 70.2 cm³/mol. The lowest BCUT2D eigenvalue weighted by atomic mass is 10.1. The minimum Gasteiger partial charge on any atom is -0.384 e. The summed E-state index contributed by atoms with van der Waals surface area (Å²) in [5.74, 6) is 0.180. The van der Waals surface area contributed by atoms with Gasteiger partial charge in [-0.15, -0.1) is 0 Å². The second-order valence-electron chi connectivity index (χ2n) is 4.88. The maximum atomic E-state index is 12.5. The smallest absolute Gasteiger partial charge is 0.246 e. The van der Waals surface area contributed by atoms with Crippen molar-refractivity contribution in [1.82, 2.24) is 19.4 Å². The third kappa shape index (κ3) is 3.33. The molecule has 1 aliphatic rings. The Bertz CT molecular complexity index is 488. The summed E-state index contributed by atoms with van der Waals surface area (Å²) in [7, 11) is 0.176. The Morgan fingerprint density at radius 2 is 2.26 bits per heavy atom. The van der Waals surface area contributed by atoms with Gasteiger partial charge in [0.25, 0.3) is 0 Å². The van der Waals surface area contributed by atoms with Crippen molar-refractivity contribution in [1.29, 1.82) is 0 Å². The number of methoxy groups -OCH3 is 1. The molecule has 19 heavy (non-hydrogen) atoms. The highest BCUT2D eigenvalue weighted by Gasteiger charge is 2.30. The summed E-state index contributed by atoms with van der Waals surface area (Å²) in [4.78, 5) is 2.35. The van der Waals surface area contributed by atoms with E-state index in [-0.39, 0.29) is 10.8 Å². The molecule has 108 valence electrons. The SMILES string of the molecule is COC[C@@H]1CN(C)CCN(S(=O)(=O)c2cn[nH]c2)C1. The van der Waals surface area contributed by atoms with Crippen LogP contribution in [0.4, 0.5) is 0 Å². The van der Waals surface area contributed by atoms with Gasteiger partial charge in [-0.25, -0.2) is 8.42 Å². The van der Waals surface area contributed by atoms with Gasteiger partial charge in [0, 0.05) is 45.4 Å². The molecule has 8 heteroatoms. The monoisotopic (exact) mass is 288 g/mol. The second-order valence-corrected chi connectivity index (χ2v) is 6.82. The minimum atomic E-state index is -3.46. The number of aromatic nitrogens is 2. The minimum absolute atomic E-state index is 0.180. The largest absolute Gasteiger partial charge is 0.384 e. The first kappa shape index (κ1) is 14.4. The van der Waals surface area contributed by atoms with Crippen molar-refractivity contribution in [3.63, 3.8) is 0 Å². The van der Waals surface area contributed by atoms with Crippen molar-refractivity contribution in [2.45, 2.75) is 4.90 Å². The van der Waals surface area contributed by atoms with E-state index in [1.165, 1.54) is 16.7 Å². The molecule has 1 fully saturated rings. The van der Waals surface area contributed by atoms with Crippen LogP contribution in [0.1, 0.15) is 0 Å². The first-order chi connectivity index (χ1) is 9.04. The summed E-state index contributed by atoms with van der Waals surface area (Å²) in [6.45, 7) is 3.08. The molecule has 7 nitrogen and oxygen atoms in total. The maximum absolute atomic E-state index is 12.5. The Balaban J connectivity index is 2.18. The molecule has 1 aromatic heterocycles. The van der Waals surface area contributed by atoms with Gasteiger partial charge in [0.15, 0.2) is 0 Å². The van der Waals surface area contributed by atoms with Crippen molar-refractivity contribution >= 4 is 10.0 Å². The van der Waals surface area contributed by atoms with Crippen LogP contribution in [0.5, 0.6) is 0 Å². The van der Waals surface area contributed by atoms with E-state index >= 15 is 0 Å². The number of H-pyrrole nitrogens is 1. The third-order valence-electron chi connectivity index (χ3n) is 3.28. The van der Waals surface area contributed by atoms with Gasteiger partial charge >= 0.3 is 0 Å². The lowest BCUT2D eigenvalue weighted by Gasteiger charge is -2.22. The second kappa shape index (κ2) is 6.00. The van der Waals surface area contributed by atoms with Crippen molar-refractivity contribution in [2.24, 2.45) is 5.92 Å². The number of hydrogen-bond donors (Lipinski definition) is 1. The summed E-state index contributed by atoms with van der Waals surface area (Å²) in [6.07, 6.45) is 2.75. The Labute approximate surface area is 113 Å². The van der Waals surface area contributed by atoms with E-state index in [2.05, 4.69) is 15.1 Å². The van der Waals surface area contributed by atoms with Crippen molar-refractivity contribution < 1.29 is 13.2 Å². The molecule has 0 unspecified atom stereocenters. The highest BCUT2D eigenvalue weighted by atomic mass is 32.2. The van der Waals surface area contributed by atoms with Crippen molar-refractivity contribution in [3.8, 4) is 0 Å². The fourth-order valence-corrected chi connectivity index (χ4v) is 3.75. The normalized spacial score (nSPS) is 23.4. The molecule has 0 bridgehead atoms. The summed E-state index contributed by atoms with van der Waals surface area (Å²) < 4.78 is 31.6. The average molecular weight is 288 g/mol. The van der Waals surface area contributed by atoms with Gasteiger partial charge in [0.1, 0.15) is 4.90 Å². The van der Waals surface area contributed by atoms with Crippen molar-refractivity contribution in [2.75, 3.05) is 46.9 Å². The van der Waals surface area contributed by atoms with Crippen LogP contribution in [-0.2, 0) is 14.8 Å². The van der Waals surface area contributed by atoms with Gasteiger partial charge in [-0.3, -0.25) is 5.10 Å². The van der Waals surface area contributed by atoms with Gasteiger partial charge in [-0.05, 0) is 7.05 Å². The van der Waals surface area contributed by atoms with Crippen LogP contribution >= 0.6 is 0 Å². The Kier molecular flexibility index (Phi) is 4.56. The zero-order chi connectivity index (χ0) is 13.9. The van der Waals surface area contributed by atoms with E-state index in [9.17, 15) is 8.42 Å². The molecular weight excluding hydrogens is 268 g/mol. The van der Waals surface area contributed by atoms with Crippen LogP contribution in [0.25, 0.3) is 0 Å². The number of aromatic amines is 1. The van der Waals surface area contributed by atoms with Crippen LogP contribution in [0.2, 0.25) is 0 Å². The first-order valence-electron chi connectivity index (χ1n) is 6.20. The van der Waals surface area contributed by atoms with E-state index in [1.807, 2.05) is 7.05 Å². The number of nitrogens with zero attached hydrogens (tertiary/aromatic N) is 3. The molecule has 2 heterocycles. The number of rotatable bonds is 4. The average Bonchev–Trinajstić information content (AvgIpc) is 2.82. The van der Waals surface area contributed by atoms with E-state index in [0.29, 0.717) is 19.7 Å². The predicted octanol–water partition coefficient (Wildman–Crippen LogP) is -0.392. The molecule has 0 spiro atoms. The zero-order valence-electron chi connectivity index (χ0n) is 11.2. The van der Waals surface area contributed by atoms with Gasteiger partial charge in [0.05, 0.1) is 12.8 Å². The Morgan fingerprint density at radius 3 is 2.89 bits per heavy atom.